The zero-order valence-electron chi connectivity index (χ0n) is 12.0. The van der Waals surface area contributed by atoms with Gasteiger partial charge in [0.05, 0.1) is 0 Å². The summed E-state index contributed by atoms with van der Waals surface area (Å²) in [5.74, 6) is -3.15. The molecule has 3 heteroatoms. The summed E-state index contributed by atoms with van der Waals surface area (Å²) in [4.78, 5) is 0. The number of hydrogen-bond donors (Lipinski definition) is 0. The van der Waals surface area contributed by atoms with Crippen LogP contribution in [0.25, 0.3) is 0 Å². The SMILES string of the molecule is [Au+].[CH2-]P(Cl)(c1ccccc1)(c1ccccc1)c1ccccc1. The van der Waals surface area contributed by atoms with Gasteiger partial charge in [-0.25, -0.2) is 0 Å². The molecule has 3 aromatic rings. The zero-order chi connectivity index (χ0) is 14.8. The van der Waals surface area contributed by atoms with Crippen LogP contribution in [0.4, 0.5) is 0 Å². The fourth-order valence-electron chi connectivity index (χ4n) is 2.66. The third-order valence-electron chi connectivity index (χ3n) is 3.88. The van der Waals surface area contributed by atoms with E-state index >= 15 is 0 Å². The maximum atomic E-state index is 7.39. The molecule has 0 N–H and O–H groups in total. The summed E-state index contributed by atoms with van der Waals surface area (Å²) >= 11 is 7.39. The van der Waals surface area contributed by atoms with E-state index in [2.05, 4.69) is 43.1 Å². The van der Waals surface area contributed by atoms with Gasteiger partial charge in [-0.05, 0) is 0 Å². The second-order valence-electron chi connectivity index (χ2n) is 5.19. The molecule has 0 atom stereocenters. The van der Waals surface area contributed by atoms with Gasteiger partial charge >= 0.3 is 153 Å². The predicted molar refractivity (Wildman–Crippen MR) is 96.4 cm³/mol. The predicted octanol–water partition coefficient (Wildman–Crippen LogP) is 4.46. The van der Waals surface area contributed by atoms with Crippen LogP contribution in [-0.4, -0.2) is 0 Å². The Bertz CT molecular complexity index is 624. The van der Waals surface area contributed by atoms with Gasteiger partial charge in [0, 0.05) is 0 Å². The van der Waals surface area contributed by atoms with E-state index in [1.807, 2.05) is 54.6 Å². The van der Waals surface area contributed by atoms with E-state index in [0.29, 0.717) is 0 Å². The van der Waals surface area contributed by atoms with Crippen molar-refractivity contribution < 1.29 is 22.4 Å². The fraction of sp³-hybridized carbons (Fsp3) is 0. The van der Waals surface area contributed by atoms with Gasteiger partial charge < -0.3 is 0 Å². The number of halogens is 1. The molecule has 22 heavy (non-hydrogen) atoms. The average molecular weight is 509 g/mol. The third kappa shape index (κ3) is 2.83. The topological polar surface area (TPSA) is 0 Å². The van der Waals surface area contributed by atoms with Gasteiger partial charge in [0.15, 0.2) is 0 Å². The van der Waals surface area contributed by atoms with E-state index in [4.69, 9.17) is 11.2 Å². The second kappa shape index (κ2) is 6.71. The molecule has 0 bridgehead atoms. The van der Waals surface area contributed by atoms with Crippen LogP contribution < -0.4 is 15.9 Å². The number of rotatable bonds is 3. The minimum atomic E-state index is -3.15. The Labute approximate surface area is 152 Å². The molecule has 0 aliphatic heterocycles. The van der Waals surface area contributed by atoms with Crippen molar-refractivity contribution in [3.63, 3.8) is 0 Å². The molecule has 3 aromatic carbocycles. The summed E-state index contributed by atoms with van der Waals surface area (Å²) in [5, 5.41) is 3.26. The molecule has 0 unspecified atom stereocenters. The first-order valence-corrected chi connectivity index (χ1v) is 10.2. The van der Waals surface area contributed by atoms with Gasteiger partial charge in [0.1, 0.15) is 0 Å². The molecule has 0 aliphatic rings. The van der Waals surface area contributed by atoms with Gasteiger partial charge in [0.25, 0.3) is 0 Å². The Kier molecular flexibility index (Phi) is 5.33. The van der Waals surface area contributed by atoms with Crippen molar-refractivity contribution in [1.82, 2.24) is 0 Å². The van der Waals surface area contributed by atoms with Crippen LogP contribution in [0.1, 0.15) is 0 Å². The molecule has 0 heterocycles. The average Bonchev–Trinajstić information content (AvgIpc) is 2.57. The van der Waals surface area contributed by atoms with Crippen LogP contribution in [-0.2, 0) is 22.4 Å². The molecule has 3 rings (SSSR count). The van der Waals surface area contributed by atoms with E-state index in [9.17, 15) is 0 Å². The molecule has 0 nitrogen and oxygen atoms in total. The monoisotopic (exact) mass is 508 g/mol. The molecular weight excluding hydrogens is 492 g/mol. The third-order valence-corrected chi connectivity index (χ3v) is 9.76. The van der Waals surface area contributed by atoms with Gasteiger partial charge in [-0.2, -0.15) is 0 Å². The van der Waals surface area contributed by atoms with E-state index in [1.165, 1.54) is 0 Å². The number of benzene rings is 3. The van der Waals surface area contributed by atoms with Crippen LogP contribution in [0.15, 0.2) is 91.0 Å². The molecule has 0 saturated carbocycles. The van der Waals surface area contributed by atoms with E-state index in [0.717, 1.165) is 15.9 Å². The molecule has 0 aliphatic carbocycles. The summed E-state index contributed by atoms with van der Waals surface area (Å²) in [6, 6.07) is 30.7. The summed E-state index contributed by atoms with van der Waals surface area (Å²) in [6.45, 7) is 4.61. The van der Waals surface area contributed by atoms with Crippen molar-refractivity contribution >= 4 is 33.1 Å². The molecule has 0 aromatic heterocycles. The Morgan fingerprint density at radius 2 is 0.773 bits per heavy atom. The molecular formula is C19H17AuClP. The van der Waals surface area contributed by atoms with Gasteiger partial charge in [0.2, 0.25) is 0 Å². The first-order chi connectivity index (χ1) is 10.1. The zero-order valence-corrected chi connectivity index (χ0v) is 15.8. The fourth-order valence-corrected chi connectivity index (χ4v) is 6.95. The second-order valence-corrected chi connectivity index (χ2v) is 11.3. The molecule has 0 saturated heterocycles. The first kappa shape index (κ1) is 17.5. The molecule has 0 fully saturated rings. The van der Waals surface area contributed by atoms with Gasteiger partial charge in [-0.3, -0.25) is 0 Å². The van der Waals surface area contributed by atoms with Crippen molar-refractivity contribution in [2.75, 3.05) is 0 Å². The Hall–Kier alpha value is -0.880. The van der Waals surface area contributed by atoms with Crippen molar-refractivity contribution in [3.05, 3.63) is 97.7 Å². The molecule has 0 amide bonds. The molecule has 116 valence electrons. The first-order valence-electron chi connectivity index (χ1n) is 6.89. The Morgan fingerprint density at radius 3 is 1.00 bits per heavy atom. The minimum absolute atomic E-state index is 0. The van der Waals surface area contributed by atoms with E-state index in [-0.39, 0.29) is 22.4 Å². The van der Waals surface area contributed by atoms with Gasteiger partial charge in [-0.15, -0.1) is 0 Å². The molecule has 0 radical (unpaired) electrons. The Morgan fingerprint density at radius 1 is 0.545 bits per heavy atom. The normalized spacial score (nSPS) is 12.7. The summed E-state index contributed by atoms with van der Waals surface area (Å²) in [5.41, 5.74) is 0. The van der Waals surface area contributed by atoms with Crippen molar-refractivity contribution in [2.45, 2.75) is 0 Å². The summed E-state index contributed by atoms with van der Waals surface area (Å²) in [6.07, 6.45) is 0. The summed E-state index contributed by atoms with van der Waals surface area (Å²) < 4.78 is 0. The van der Waals surface area contributed by atoms with Crippen LogP contribution >= 0.6 is 17.2 Å². The van der Waals surface area contributed by atoms with Crippen LogP contribution in [0.2, 0.25) is 0 Å². The van der Waals surface area contributed by atoms with E-state index in [1.54, 1.807) is 0 Å². The van der Waals surface area contributed by atoms with E-state index < -0.39 is 5.96 Å². The van der Waals surface area contributed by atoms with Crippen LogP contribution in [0.5, 0.6) is 0 Å². The van der Waals surface area contributed by atoms with Gasteiger partial charge in [-0.1, -0.05) is 0 Å². The van der Waals surface area contributed by atoms with Crippen molar-refractivity contribution in [2.24, 2.45) is 0 Å². The quantitative estimate of drug-likeness (QED) is 0.278. The van der Waals surface area contributed by atoms with Crippen LogP contribution in [0.3, 0.4) is 0 Å². The molecule has 0 spiro atoms. The maximum absolute atomic E-state index is 7.39. The van der Waals surface area contributed by atoms with Crippen molar-refractivity contribution in [3.8, 4) is 0 Å². The van der Waals surface area contributed by atoms with Crippen molar-refractivity contribution in [1.29, 1.82) is 0 Å². The standard InChI is InChI=1S/C19H17ClP.Au/c1-21(20,17-11-5-2-6-12-17,18-13-7-3-8-14-18)19-15-9-4-10-16-19;/h2-16H,1H2;/q-1;+1. The van der Waals surface area contributed by atoms with Crippen LogP contribution in [0, 0.1) is 6.66 Å². The number of hydrogen-bond acceptors (Lipinski definition) is 0. The Balaban J connectivity index is 0.00000176. The summed E-state index contributed by atoms with van der Waals surface area (Å²) in [7, 11) is 0.